The molecule has 2 heterocycles. The van der Waals surface area contributed by atoms with Crippen LogP contribution in [0.2, 0.25) is 0 Å². The molecule has 1 fully saturated rings. The zero-order chi connectivity index (χ0) is 17.5. The summed E-state index contributed by atoms with van der Waals surface area (Å²) in [5.41, 5.74) is 2.55. The summed E-state index contributed by atoms with van der Waals surface area (Å²) in [6, 6.07) is 6.22. The maximum absolute atomic E-state index is 13.0. The van der Waals surface area contributed by atoms with Crippen LogP contribution in [0.4, 0.5) is 4.39 Å². The van der Waals surface area contributed by atoms with E-state index in [0.29, 0.717) is 12.3 Å². The number of amides is 1. The second-order valence-electron chi connectivity index (χ2n) is 6.16. The predicted molar refractivity (Wildman–Crippen MR) is 98.8 cm³/mol. The summed E-state index contributed by atoms with van der Waals surface area (Å²) >= 11 is 1.67. The molecular formula is C18H23FN4OS. The molecule has 2 aromatic rings. The van der Waals surface area contributed by atoms with Crippen LogP contribution in [0.3, 0.4) is 0 Å². The number of aromatic nitrogens is 2. The number of benzene rings is 1. The Bertz CT molecular complexity index is 683. The monoisotopic (exact) mass is 362 g/mol. The highest BCUT2D eigenvalue weighted by atomic mass is 32.2. The van der Waals surface area contributed by atoms with Crippen molar-refractivity contribution >= 4 is 17.7 Å². The van der Waals surface area contributed by atoms with Gasteiger partial charge in [-0.1, -0.05) is 0 Å². The molecule has 1 aliphatic heterocycles. The highest BCUT2D eigenvalue weighted by Gasteiger charge is 2.12. The first-order chi connectivity index (χ1) is 12.2. The van der Waals surface area contributed by atoms with Gasteiger partial charge in [0.25, 0.3) is 0 Å². The second kappa shape index (κ2) is 9.01. The highest BCUT2D eigenvalue weighted by molar-refractivity contribution is 7.99. The molecule has 1 amide bonds. The molecule has 1 aliphatic rings. The van der Waals surface area contributed by atoms with Crippen molar-refractivity contribution in [3.63, 3.8) is 0 Å². The van der Waals surface area contributed by atoms with E-state index in [0.717, 1.165) is 29.1 Å². The Hall–Kier alpha value is -1.86. The van der Waals surface area contributed by atoms with Gasteiger partial charge in [-0.05, 0) is 50.2 Å². The lowest BCUT2D eigenvalue weighted by atomic mass is 10.1. The molecule has 0 aliphatic carbocycles. The minimum Gasteiger partial charge on any atom is -0.351 e. The molecule has 0 radical (unpaired) electrons. The lowest BCUT2D eigenvalue weighted by Crippen LogP contribution is -2.26. The molecule has 7 heteroatoms. The van der Waals surface area contributed by atoms with Gasteiger partial charge in [-0.2, -0.15) is 16.9 Å². The quantitative estimate of drug-likeness (QED) is 0.709. The molecule has 1 aromatic carbocycles. The molecule has 25 heavy (non-hydrogen) atoms. The number of hydrogen-bond donors (Lipinski definition) is 2. The summed E-state index contributed by atoms with van der Waals surface area (Å²) in [7, 11) is 0. The smallest absolute Gasteiger partial charge is 0.230 e. The molecule has 3 rings (SSSR count). The third-order valence-electron chi connectivity index (χ3n) is 4.31. The fourth-order valence-corrected chi connectivity index (χ4v) is 3.74. The zero-order valence-corrected chi connectivity index (χ0v) is 14.9. The Kier molecular flexibility index (Phi) is 6.47. The standard InChI is InChI=1S/C18H23FN4OS/c19-16-5-3-14(4-6-16)18-15(12-21-22-18)11-20-17(24)13-25-10-9-23-7-1-2-8-23/h3-6,12H,1-2,7-11,13H2,(H,20,24)(H,21,22). The van der Waals surface area contributed by atoms with Gasteiger partial charge in [-0.15, -0.1) is 0 Å². The Morgan fingerprint density at radius 2 is 2.04 bits per heavy atom. The van der Waals surface area contributed by atoms with Gasteiger partial charge >= 0.3 is 0 Å². The van der Waals surface area contributed by atoms with E-state index in [9.17, 15) is 9.18 Å². The average Bonchev–Trinajstić information content (AvgIpc) is 3.29. The first-order valence-electron chi connectivity index (χ1n) is 8.57. The van der Waals surface area contributed by atoms with Gasteiger partial charge in [0, 0.05) is 30.0 Å². The third-order valence-corrected chi connectivity index (χ3v) is 5.25. The largest absolute Gasteiger partial charge is 0.351 e. The van der Waals surface area contributed by atoms with Crippen LogP contribution in [0.5, 0.6) is 0 Å². The van der Waals surface area contributed by atoms with E-state index < -0.39 is 0 Å². The van der Waals surface area contributed by atoms with Crippen molar-refractivity contribution in [2.45, 2.75) is 19.4 Å². The van der Waals surface area contributed by atoms with Crippen LogP contribution in [0, 0.1) is 5.82 Å². The topological polar surface area (TPSA) is 61.0 Å². The number of carbonyl (C=O) groups excluding carboxylic acids is 1. The van der Waals surface area contributed by atoms with Crippen molar-refractivity contribution in [3.05, 3.63) is 41.8 Å². The van der Waals surface area contributed by atoms with Crippen molar-refractivity contribution in [1.29, 1.82) is 0 Å². The molecule has 134 valence electrons. The Morgan fingerprint density at radius 3 is 2.80 bits per heavy atom. The lowest BCUT2D eigenvalue weighted by Gasteiger charge is -2.13. The van der Waals surface area contributed by atoms with E-state index in [1.165, 1.54) is 38.1 Å². The SMILES string of the molecule is O=C(CSCCN1CCCC1)NCc1cn[nH]c1-c1ccc(F)cc1. The number of likely N-dealkylation sites (tertiary alicyclic amines) is 1. The highest BCUT2D eigenvalue weighted by Crippen LogP contribution is 2.21. The van der Waals surface area contributed by atoms with Crippen LogP contribution < -0.4 is 5.32 Å². The zero-order valence-electron chi connectivity index (χ0n) is 14.1. The van der Waals surface area contributed by atoms with Gasteiger partial charge in [0.2, 0.25) is 5.91 Å². The van der Waals surface area contributed by atoms with Crippen LogP contribution in [0.25, 0.3) is 11.3 Å². The number of hydrogen-bond acceptors (Lipinski definition) is 4. The average molecular weight is 362 g/mol. The predicted octanol–water partition coefficient (Wildman–Crippen LogP) is 2.66. The summed E-state index contributed by atoms with van der Waals surface area (Å²) in [4.78, 5) is 14.5. The van der Waals surface area contributed by atoms with Gasteiger partial charge in [0.05, 0.1) is 17.6 Å². The van der Waals surface area contributed by atoms with Crippen molar-refractivity contribution in [2.75, 3.05) is 31.1 Å². The number of rotatable bonds is 8. The van der Waals surface area contributed by atoms with E-state index in [4.69, 9.17) is 0 Å². The minimum atomic E-state index is -0.274. The first-order valence-corrected chi connectivity index (χ1v) is 9.73. The molecule has 0 spiro atoms. The summed E-state index contributed by atoms with van der Waals surface area (Å²) in [5.74, 6) is 1.21. The molecule has 0 bridgehead atoms. The molecular weight excluding hydrogens is 339 g/mol. The normalized spacial score (nSPS) is 14.8. The van der Waals surface area contributed by atoms with Crippen LogP contribution in [0.15, 0.2) is 30.5 Å². The van der Waals surface area contributed by atoms with E-state index in [1.807, 2.05) is 0 Å². The van der Waals surface area contributed by atoms with Crippen LogP contribution in [-0.2, 0) is 11.3 Å². The molecule has 2 N–H and O–H groups in total. The Balaban J connectivity index is 1.41. The molecule has 1 aromatic heterocycles. The number of nitrogens with zero attached hydrogens (tertiary/aromatic N) is 2. The number of aromatic amines is 1. The number of carbonyl (C=O) groups is 1. The second-order valence-corrected chi connectivity index (χ2v) is 7.26. The van der Waals surface area contributed by atoms with E-state index >= 15 is 0 Å². The van der Waals surface area contributed by atoms with E-state index in [1.54, 1.807) is 30.1 Å². The van der Waals surface area contributed by atoms with Crippen molar-refractivity contribution < 1.29 is 9.18 Å². The van der Waals surface area contributed by atoms with E-state index in [2.05, 4.69) is 20.4 Å². The Morgan fingerprint density at radius 1 is 1.28 bits per heavy atom. The van der Waals surface area contributed by atoms with Gasteiger partial charge in [0.15, 0.2) is 0 Å². The molecule has 0 saturated carbocycles. The number of halogens is 1. The molecule has 1 saturated heterocycles. The fourth-order valence-electron chi connectivity index (χ4n) is 2.92. The molecule has 0 unspecified atom stereocenters. The summed E-state index contributed by atoms with van der Waals surface area (Å²) in [6.07, 6.45) is 4.29. The lowest BCUT2D eigenvalue weighted by molar-refractivity contribution is -0.118. The van der Waals surface area contributed by atoms with Crippen molar-refractivity contribution in [2.24, 2.45) is 0 Å². The van der Waals surface area contributed by atoms with E-state index in [-0.39, 0.29) is 11.7 Å². The van der Waals surface area contributed by atoms with Gasteiger partial charge in [-0.25, -0.2) is 4.39 Å². The van der Waals surface area contributed by atoms with Gasteiger partial charge < -0.3 is 10.2 Å². The van der Waals surface area contributed by atoms with Crippen LogP contribution in [-0.4, -0.2) is 52.1 Å². The number of nitrogens with one attached hydrogen (secondary N) is 2. The van der Waals surface area contributed by atoms with Crippen LogP contribution >= 0.6 is 11.8 Å². The van der Waals surface area contributed by atoms with Gasteiger partial charge in [-0.3, -0.25) is 9.89 Å². The van der Waals surface area contributed by atoms with Crippen molar-refractivity contribution in [1.82, 2.24) is 20.4 Å². The minimum absolute atomic E-state index is 0.0256. The molecule has 5 nitrogen and oxygen atoms in total. The van der Waals surface area contributed by atoms with Crippen LogP contribution in [0.1, 0.15) is 18.4 Å². The first kappa shape index (κ1) is 17.9. The van der Waals surface area contributed by atoms with Gasteiger partial charge in [0.1, 0.15) is 5.82 Å². The Labute approximate surface area is 151 Å². The summed E-state index contributed by atoms with van der Waals surface area (Å²) < 4.78 is 13.0. The maximum atomic E-state index is 13.0. The summed E-state index contributed by atoms with van der Waals surface area (Å²) in [5, 5.41) is 9.88. The molecule has 0 atom stereocenters. The third kappa shape index (κ3) is 5.31. The van der Waals surface area contributed by atoms with Crippen molar-refractivity contribution in [3.8, 4) is 11.3 Å². The summed E-state index contributed by atoms with van der Waals surface area (Å²) in [6.45, 7) is 3.86. The number of thioether (sulfide) groups is 1. The maximum Gasteiger partial charge on any atom is 0.230 e. The fraction of sp³-hybridized carbons (Fsp3) is 0.444. The number of H-pyrrole nitrogens is 1.